The van der Waals surface area contributed by atoms with E-state index in [-0.39, 0.29) is 0 Å². The van der Waals surface area contributed by atoms with Gasteiger partial charge in [0.25, 0.3) is 0 Å². The van der Waals surface area contributed by atoms with E-state index in [0.29, 0.717) is 0 Å². The Morgan fingerprint density at radius 1 is 1.04 bits per heavy atom. The van der Waals surface area contributed by atoms with E-state index in [0.717, 1.165) is 42.5 Å². The Kier molecular flexibility index (Phi) is 3.24. The summed E-state index contributed by atoms with van der Waals surface area (Å²) in [5.41, 5.74) is 3.27. The molecule has 1 aliphatic rings. The van der Waals surface area contributed by atoms with Crippen molar-refractivity contribution in [1.82, 2.24) is 20.3 Å². The molecule has 1 aromatic carbocycles. The normalized spacial score (nSPS) is 15.4. The van der Waals surface area contributed by atoms with Gasteiger partial charge in [0.1, 0.15) is 5.65 Å². The Hall–Kier alpha value is -2.44. The second-order valence-electron chi connectivity index (χ2n) is 6.00. The van der Waals surface area contributed by atoms with Crippen molar-refractivity contribution in [3.63, 3.8) is 0 Å². The number of nitrogens with zero attached hydrogens (tertiary/aromatic N) is 3. The Balaban J connectivity index is 1.65. The fraction of sp³-hybridized carbons (Fsp3) is 0.222. The Bertz CT molecular complexity index is 1010. The van der Waals surface area contributed by atoms with Crippen LogP contribution in [-0.2, 0) is 0 Å². The minimum Gasteiger partial charge on any atom is -0.346 e. The maximum Gasteiger partial charge on any atom is 0.185 e. The van der Waals surface area contributed by atoms with Crippen molar-refractivity contribution in [2.24, 2.45) is 0 Å². The van der Waals surface area contributed by atoms with Crippen molar-refractivity contribution in [3.05, 3.63) is 42.7 Å². The van der Waals surface area contributed by atoms with Gasteiger partial charge in [0, 0.05) is 60.4 Å². The van der Waals surface area contributed by atoms with Crippen molar-refractivity contribution in [2.75, 3.05) is 31.1 Å². The van der Waals surface area contributed by atoms with Crippen LogP contribution in [0.3, 0.4) is 0 Å². The van der Waals surface area contributed by atoms with E-state index in [9.17, 15) is 0 Å². The van der Waals surface area contributed by atoms with Crippen LogP contribution in [-0.4, -0.2) is 41.1 Å². The smallest absolute Gasteiger partial charge is 0.185 e. The molecule has 3 aromatic heterocycles. The number of hydrogen-bond donors (Lipinski definition) is 2. The first kappa shape index (κ1) is 13.9. The van der Waals surface area contributed by atoms with Crippen LogP contribution >= 0.6 is 11.3 Å². The first-order valence-corrected chi connectivity index (χ1v) is 8.99. The molecule has 5 nitrogen and oxygen atoms in total. The topological polar surface area (TPSA) is 56.8 Å². The molecule has 24 heavy (non-hydrogen) atoms. The fourth-order valence-electron chi connectivity index (χ4n) is 3.36. The first-order chi connectivity index (χ1) is 11.9. The minimum absolute atomic E-state index is 0.936. The molecular weight excluding hydrogens is 318 g/mol. The third-order valence-corrected chi connectivity index (χ3v) is 5.64. The number of para-hydroxylation sites is 1. The standard InChI is InChI=1S/C18H17N5S/c1-2-4-14-12(3-1)16-13(5-6-20-17(16)22-14)15-11-21-18(24-15)23-9-7-19-8-10-23/h1-6,11,19H,7-10H2,(H,20,22). The summed E-state index contributed by atoms with van der Waals surface area (Å²) >= 11 is 1.76. The summed E-state index contributed by atoms with van der Waals surface area (Å²) in [5, 5.41) is 6.89. The van der Waals surface area contributed by atoms with Gasteiger partial charge in [-0.2, -0.15) is 0 Å². The van der Waals surface area contributed by atoms with Gasteiger partial charge in [0.15, 0.2) is 5.13 Å². The zero-order chi connectivity index (χ0) is 15.9. The maximum atomic E-state index is 4.67. The van der Waals surface area contributed by atoms with Gasteiger partial charge < -0.3 is 15.2 Å². The highest BCUT2D eigenvalue weighted by atomic mass is 32.1. The molecule has 0 atom stereocenters. The number of H-pyrrole nitrogens is 1. The third-order valence-electron chi connectivity index (χ3n) is 4.55. The number of thiazole rings is 1. The zero-order valence-electron chi connectivity index (χ0n) is 13.1. The summed E-state index contributed by atoms with van der Waals surface area (Å²) in [6.45, 7) is 4.09. The van der Waals surface area contributed by atoms with Crippen LogP contribution in [0.2, 0.25) is 0 Å². The number of pyridine rings is 1. The van der Waals surface area contributed by atoms with Crippen LogP contribution in [0.15, 0.2) is 42.7 Å². The molecule has 0 saturated carbocycles. The number of piperazine rings is 1. The molecule has 1 saturated heterocycles. The molecule has 6 heteroatoms. The van der Waals surface area contributed by atoms with Crippen LogP contribution in [0.4, 0.5) is 5.13 Å². The van der Waals surface area contributed by atoms with Crippen molar-refractivity contribution >= 4 is 38.4 Å². The second kappa shape index (κ2) is 5.58. The van der Waals surface area contributed by atoms with Crippen LogP contribution in [0.25, 0.3) is 32.4 Å². The van der Waals surface area contributed by atoms with E-state index in [1.54, 1.807) is 11.3 Å². The molecule has 0 bridgehead atoms. The van der Waals surface area contributed by atoms with Gasteiger partial charge >= 0.3 is 0 Å². The second-order valence-corrected chi connectivity index (χ2v) is 7.01. The number of rotatable bonds is 2. The summed E-state index contributed by atoms with van der Waals surface area (Å²) in [4.78, 5) is 16.2. The zero-order valence-corrected chi connectivity index (χ0v) is 13.9. The largest absolute Gasteiger partial charge is 0.346 e. The predicted octanol–water partition coefficient (Wildman–Crippen LogP) is 3.25. The summed E-state index contributed by atoms with van der Waals surface area (Å²) in [6, 6.07) is 10.5. The van der Waals surface area contributed by atoms with E-state index < -0.39 is 0 Å². The average molecular weight is 335 g/mol. The van der Waals surface area contributed by atoms with Crippen molar-refractivity contribution in [1.29, 1.82) is 0 Å². The van der Waals surface area contributed by atoms with Crippen LogP contribution in [0, 0.1) is 0 Å². The molecule has 0 aliphatic carbocycles. The minimum atomic E-state index is 0.936. The molecule has 5 rings (SSSR count). The van der Waals surface area contributed by atoms with Gasteiger partial charge in [-0.3, -0.25) is 0 Å². The Morgan fingerprint density at radius 3 is 2.83 bits per heavy atom. The molecule has 0 radical (unpaired) electrons. The lowest BCUT2D eigenvalue weighted by molar-refractivity contribution is 0.588. The summed E-state index contributed by atoms with van der Waals surface area (Å²) in [7, 11) is 0. The lowest BCUT2D eigenvalue weighted by Crippen LogP contribution is -2.43. The molecule has 0 amide bonds. The SMILES string of the molecule is c1ccc2c(c1)[nH]c1nccc(-c3cnc(N4CCNCC4)s3)c12. The number of benzene rings is 1. The van der Waals surface area contributed by atoms with Crippen LogP contribution in [0.5, 0.6) is 0 Å². The van der Waals surface area contributed by atoms with E-state index in [1.165, 1.54) is 21.2 Å². The lowest BCUT2D eigenvalue weighted by atomic mass is 10.1. The van der Waals surface area contributed by atoms with Gasteiger partial charge in [-0.1, -0.05) is 29.5 Å². The number of fused-ring (bicyclic) bond motifs is 3. The molecule has 0 unspecified atom stereocenters. The number of aromatic nitrogens is 3. The fourth-order valence-corrected chi connectivity index (χ4v) is 4.36. The highest BCUT2D eigenvalue weighted by Gasteiger charge is 2.17. The van der Waals surface area contributed by atoms with Crippen molar-refractivity contribution in [3.8, 4) is 10.4 Å². The van der Waals surface area contributed by atoms with E-state index in [2.05, 4.69) is 49.4 Å². The maximum absolute atomic E-state index is 4.67. The number of hydrogen-bond acceptors (Lipinski definition) is 5. The molecule has 4 aromatic rings. The highest BCUT2D eigenvalue weighted by molar-refractivity contribution is 7.19. The van der Waals surface area contributed by atoms with E-state index >= 15 is 0 Å². The van der Waals surface area contributed by atoms with Gasteiger partial charge in [-0.25, -0.2) is 9.97 Å². The van der Waals surface area contributed by atoms with E-state index in [1.807, 2.05) is 18.5 Å². The molecule has 1 fully saturated rings. The van der Waals surface area contributed by atoms with Crippen LogP contribution < -0.4 is 10.2 Å². The molecular formula is C18H17N5S. The average Bonchev–Trinajstić information content (AvgIpc) is 3.27. The van der Waals surface area contributed by atoms with Gasteiger partial charge in [-0.15, -0.1) is 0 Å². The number of aromatic amines is 1. The van der Waals surface area contributed by atoms with Gasteiger partial charge in [0.05, 0.1) is 4.88 Å². The highest BCUT2D eigenvalue weighted by Crippen LogP contribution is 2.37. The predicted molar refractivity (Wildman–Crippen MR) is 99.8 cm³/mol. The lowest BCUT2D eigenvalue weighted by Gasteiger charge is -2.26. The molecule has 4 heterocycles. The molecule has 0 spiro atoms. The molecule has 120 valence electrons. The van der Waals surface area contributed by atoms with Crippen molar-refractivity contribution < 1.29 is 0 Å². The Morgan fingerprint density at radius 2 is 1.92 bits per heavy atom. The molecule has 1 aliphatic heterocycles. The van der Waals surface area contributed by atoms with E-state index in [4.69, 9.17) is 0 Å². The van der Waals surface area contributed by atoms with Crippen LogP contribution in [0.1, 0.15) is 0 Å². The Labute approximate surface area is 143 Å². The number of anilines is 1. The monoisotopic (exact) mass is 335 g/mol. The summed E-state index contributed by atoms with van der Waals surface area (Å²) < 4.78 is 0. The summed E-state index contributed by atoms with van der Waals surface area (Å²) in [5.74, 6) is 0. The van der Waals surface area contributed by atoms with Crippen molar-refractivity contribution in [2.45, 2.75) is 0 Å². The number of nitrogens with one attached hydrogen (secondary N) is 2. The molecule has 2 N–H and O–H groups in total. The van der Waals surface area contributed by atoms with Gasteiger partial charge in [0.2, 0.25) is 0 Å². The van der Waals surface area contributed by atoms with Gasteiger partial charge in [-0.05, 0) is 12.1 Å². The summed E-state index contributed by atoms with van der Waals surface area (Å²) in [6.07, 6.45) is 3.87. The quantitative estimate of drug-likeness (QED) is 0.590. The third kappa shape index (κ3) is 2.18. The first-order valence-electron chi connectivity index (χ1n) is 8.17.